The number of methoxy groups -OCH3 is 1. The van der Waals surface area contributed by atoms with E-state index in [1.807, 2.05) is 0 Å². The van der Waals surface area contributed by atoms with Crippen molar-refractivity contribution in [3.05, 3.63) is 29.8 Å². The van der Waals surface area contributed by atoms with Gasteiger partial charge in [0.25, 0.3) is 0 Å². The van der Waals surface area contributed by atoms with Gasteiger partial charge in [-0.15, -0.1) is 12.4 Å². The quantitative estimate of drug-likeness (QED) is 0.689. The van der Waals surface area contributed by atoms with Gasteiger partial charge in [-0.25, -0.2) is 0 Å². The van der Waals surface area contributed by atoms with Gasteiger partial charge >= 0.3 is 11.5 Å². The van der Waals surface area contributed by atoms with E-state index in [9.17, 15) is 18.0 Å². The van der Waals surface area contributed by atoms with Crippen LogP contribution in [-0.4, -0.2) is 18.6 Å². The highest BCUT2D eigenvalue weighted by molar-refractivity contribution is 8.00. The van der Waals surface area contributed by atoms with Crippen LogP contribution in [0.5, 0.6) is 0 Å². The topological polar surface area (TPSA) is 52.3 Å². The van der Waals surface area contributed by atoms with Crippen LogP contribution in [0.4, 0.5) is 13.2 Å². The van der Waals surface area contributed by atoms with E-state index in [0.717, 1.165) is 7.11 Å². The molecule has 0 spiro atoms. The van der Waals surface area contributed by atoms with Crippen molar-refractivity contribution in [2.24, 2.45) is 5.73 Å². The number of thioether (sulfide) groups is 1. The maximum Gasteiger partial charge on any atom is 0.446 e. The summed E-state index contributed by atoms with van der Waals surface area (Å²) in [6.07, 6.45) is 0. The molecule has 1 aromatic rings. The van der Waals surface area contributed by atoms with Crippen LogP contribution >= 0.6 is 24.2 Å². The van der Waals surface area contributed by atoms with E-state index in [-0.39, 0.29) is 34.6 Å². The first-order chi connectivity index (χ1) is 7.85. The van der Waals surface area contributed by atoms with Crippen molar-refractivity contribution in [2.75, 3.05) is 7.11 Å². The fourth-order valence-corrected chi connectivity index (χ4v) is 1.92. The first kappa shape index (κ1) is 17.1. The number of ether oxygens (including phenoxy) is 1. The van der Waals surface area contributed by atoms with Gasteiger partial charge < -0.3 is 10.5 Å². The maximum atomic E-state index is 12.3. The third-order valence-corrected chi connectivity index (χ3v) is 2.76. The fraction of sp³-hybridized carbons (Fsp3) is 0.300. The van der Waals surface area contributed by atoms with E-state index in [1.165, 1.54) is 24.3 Å². The van der Waals surface area contributed by atoms with Crippen molar-refractivity contribution in [2.45, 2.75) is 16.4 Å². The lowest BCUT2D eigenvalue weighted by Gasteiger charge is -2.14. The largest absolute Gasteiger partial charge is 0.468 e. The van der Waals surface area contributed by atoms with Gasteiger partial charge in [0.2, 0.25) is 0 Å². The van der Waals surface area contributed by atoms with Gasteiger partial charge in [0.15, 0.2) is 0 Å². The first-order valence-electron chi connectivity index (χ1n) is 4.53. The minimum absolute atomic E-state index is 0. The predicted molar refractivity (Wildman–Crippen MR) is 64.5 cm³/mol. The molecule has 1 rings (SSSR count). The number of nitrogens with two attached hydrogens (primary N) is 1. The highest BCUT2D eigenvalue weighted by Gasteiger charge is 2.32. The van der Waals surface area contributed by atoms with Gasteiger partial charge in [0.05, 0.1) is 7.11 Å². The minimum Gasteiger partial charge on any atom is -0.468 e. The lowest BCUT2D eigenvalue weighted by Crippen LogP contribution is -2.23. The molecule has 0 aliphatic heterocycles. The van der Waals surface area contributed by atoms with Crippen LogP contribution in [0.3, 0.4) is 0 Å². The summed E-state index contributed by atoms with van der Waals surface area (Å²) in [5.74, 6) is -0.778. The molecule has 0 radical (unpaired) electrons. The molecule has 0 aliphatic carbocycles. The summed E-state index contributed by atoms with van der Waals surface area (Å²) >= 11 is -0.304. The number of hydrogen-bond acceptors (Lipinski definition) is 4. The molecule has 3 nitrogen and oxygen atoms in total. The lowest BCUT2D eigenvalue weighted by atomic mass is 10.1. The van der Waals surface area contributed by atoms with Gasteiger partial charge in [-0.2, -0.15) is 13.2 Å². The summed E-state index contributed by atoms with van der Waals surface area (Å²) in [5, 5.41) is 0. The van der Waals surface area contributed by atoms with Gasteiger partial charge in [0, 0.05) is 4.90 Å². The molecule has 18 heavy (non-hydrogen) atoms. The molecule has 0 heterocycles. The molecule has 0 aliphatic rings. The number of carbonyl (C=O) groups is 1. The molecule has 0 aromatic heterocycles. The van der Waals surface area contributed by atoms with E-state index < -0.39 is 17.5 Å². The summed E-state index contributed by atoms with van der Waals surface area (Å²) in [7, 11) is 1.13. The summed E-state index contributed by atoms with van der Waals surface area (Å²) in [6.45, 7) is 0. The molecular formula is C10H11ClF3NO2S. The Hall–Kier alpha value is -0.920. The molecule has 0 fully saturated rings. The Balaban J connectivity index is 0.00000289. The Morgan fingerprint density at radius 1 is 1.39 bits per heavy atom. The van der Waals surface area contributed by atoms with Crippen LogP contribution in [0.2, 0.25) is 0 Å². The minimum atomic E-state index is -4.42. The fourth-order valence-electron chi connectivity index (χ4n) is 1.21. The second-order valence-corrected chi connectivity index (χ2v) is 4.19. The van der Waals surface area contributed by atoms with E-state index in [0.29, 0.717) is 0 Å². The van der Waals surface area contributed by atoms with Crippen LogP contribution in [0.25, 0.3) is 0 Å². The Kier molecular flexibility index (Phi) is 6.51. The highest BCUT2D eigenvalue weighted by atomic mass is 35.5. The van der Waals surface area contributed by atoms with Gasteiger partial charge in [0.1, 0.15) is 6.04 Å². The molecule has 0 unspecified atom stereocenters. The van der Waals surface area contributed by atoms with E-state index >= 15 is 0 Å². The summed E-state index contributed by atoms with van der Waals surface area (Å²) in [4.78, 5) is 11.1. The average Bonchev–Trinajstić information content (AvgIpc) is 2.25. The highest BCUT2D eigenvalue weighted by Crippen LogP contribution is 2.39. The summed E-state index contributed by atoms with van der Waals surface area (Å²) in [6, 6.07) is 4.37. The molecule has 8 heteroatoms. The SMILES string of the molecule is COC(=O)[C@H](N)c1ccccc1SC(F)(F)F.Cl. The Bertz CT molecular complexity index is 414. The molecule has 102 valence electrons. The summed E-state index contributed by atoms with van der Waals surface area (Å²) < 4.78 is 41.2. The average molecular weight is 302 g/mol. The number of benzene rings is 1. The Morgan fingerprint density at radius 3 is 2.44 bits per heavy atom. The lowest BCUT2D eigenvalue weighted by molar-refractivity contribution is -0.142. The predicted octanol–water partition coefficient (Wildman–Crippen LogP) is 2.89. The van der Waals surface area contributed by atoms with Crippen LogP contribution in [-0.2, 0) is 9.53 Å². The second-order valence-electron chi connectivity index (χ2n) is 3.09. The van der Waals surface area contributed by atoms with Crippen molar-refractivity contribution >= 4 is 30.1 Å². The molecule has 1 aromatic carbocycles. The number of halogens is 4. The number of carbonyl (C=O) groups excluding carboxylic acids is 1. The second kappa shape index (κ2) is 6.86. The maximum absolute atomic E-state index is 12.3. The van der Waals surface area contributed by atoms with Gasteiger partial charge in [-0.3, -0.25) is 4.79 Å². The van der Waals surface area contributed by atoms with Gasteiger partial charge in [-0.1, -0.05) is 18.2 Å². The van der Waals surface area contributed by atoms with Crippen molar-refractivity contribution in [1.29, 1.82) is 0 Å². The molecule has 2 N–H and O–H groups in total. The monoisotopic (exact) mass is 301 g/mol. The zero-order valence-electron chi connectivity index (χ0n) is 9.23. The molecule has 0 saturated heterocycles. The Labute approximate surface area is 112 Å². The van der Waals surface area contributed by atoms with Crippen LogP contribution in [0, 0.1) is 0 Å². The van der Waals surface area contributed by atoms with Crippen molar-refractivity contribution in [3.8, 4) is 0 Å². The number of rotatable bonds is 3. The Morgan fingerprint density at radius 2 is 1.94 bits per heavy atom. The number of esters is 1. The smallest absolute Gasteiger partial charge is 0.446 e. The van der Waals surface area contributed by atoms with E-state index in [2.05, 4.69) is 4.74 Å². The van der Waals surface area contributed by atoms with Crippen LogP contribution < -0.4 is 5.73 Å². The van der Waals surface area contributed by atoms with Crippen molar-refractivity contribution in [3.63, 3.8) is 0 Å². The van der Waals surface area contributed by atoms with Gasteiger partial charge in [-0.05, 0) is 23.4 Å². The molecule has 1 atom stereocenters. The molecular weight excluding hydrogens is 291 g/mol. The normalized spacial score (nSPS) is 12.5. The zero-order valence-corrected chi connectivity index (χ0v) is 10.9. The number of hydrogen-bond donors (Lipinski definition) is 1. The molecule has 0 amide bonds. The molecule has 0 saturated carbocycles. The van der Waals surface area contributed by atoms with Crippen LogP contribution in [0.15, 0.2) is 29.2 Å². The number of alkyl halides is 3. The van der Waals surface area contributed by atoms with Crippen molar-refractivity contribution < 1.29 is 22.7 Å². The van der Waals surface area contributed by atoms with E-state index in [1.54, 1.807) is 0 Å². The third kappa shape index (κ3) is 4.75. The van der Waals surface area contributed by atoms with E-state index in [4.69, 9.17) is 5.73 Å². The summed E-state index contributed by atoms with van der Waals surface area (Å²) in [5.41, 5.74) is 1.19. The third-order valence-electron chi connectivity index (χ3n) is 1.93. The van der Waals surface area contributed by atoms with Crippen LogP contribution in [0.1, 0.15) is 11.6 Å². The first-order valence-corrected chi connectivity index (χ1v) is 5.35. The zero-order chi connectivity index (χ0) is 13.1. The van der Waals surface area contributed by atoms with Crippen molar-refractivity contribution in [1.82, 2.24) is 0 Å². The standard InChI is InChI=1S/C10H10F3NO2S.ClH/c1-16-9(15)8(14)6-4-2-3-5-7(6)17-10(11,12)13;/h2-5,8H,14H2,1H3;1H/t8-;/m1./s1. The molecule has 0 bridgehead atoms.